The highest BCUT2D eigenvalue weighted by molar-refractivity contribution is 5.97. The van der Waals surface area contributed by atoms with Crippen LogP contribution in [0.1, 0.15) is 61.7 Å². The molecule has 1 aliphatic heterocycles. The van der Waals surface area contributed by atoms with Gasteiger partial charge in [-0.15, -0.1) is 0 Å². The number of nitrogens with zero attached hydrogens (tertiary/aromatic N) is 1. The number of likely N-dealkylation sites (tertiary alicyclic amines) is 1. The molecule has 0 radical (unpaired) electrons. The second-order valence-electron chi connectivity index (χ2n) is 9.73. The van der Waals surface area contributed by atoms with Crippen molar-refractivity contribution in [2.45, 2.75) is 57.4 Å². The molecule has 0 aromatic heterocycles. The molecular weight excluding hydrogens is 355 g/mol. The first kappa shape index (κ1) is 18.1. The quantitative estimate of drug-likeness (QED) is 0.859. The van der Waals surface area contributed by atoms with Crippen LogP contribution in [-0.4, -0.2) is 35.8 Å². The lowest BCUT2D eigenvalue weighted by atomic mass is 9.47. The third-order valence-corrected chi connectivity index (χ3v) is 7.74. The summed E-state index contributed by atoms with van der Waals surface area (Å²) in [7, 11) is 0. The third-order valence-electron chi connectivity index (χ3n) is 7.74. The minimum atomic E-state index is -0.448. The molecule has 0 spiro atoms. The Morgan fingerprint density at radius 1 is 0.964 bits per heavy atom. The van der Waals surface area contributed by atoms with E-state index in [2.05, 4.69) is 5.32 Å². The Balaban J connectivity index is 1.44. The van der Waals surface area contributed by atoms with Crippen LogP contribution in [0.5, 0.6) is 0 Å². The van der Waals surface area contributed by atoms with E-state index in [-0.39, 0.29) is 23.0 Å². The molecule has 150 valence electrons. The molecule has 4 nitrogen and oxygen atoms in total. The molecule has 4 saturated carbocycles. The maximum atomic E-state index is 13.5. The Morgan fingerprint density at radius 3 is 2.04 bits per heavy atom. The highest BCUT2D eigenvalue weighted by Crippen LogP contribution is 2.61. The van der Waals surface area contributed by atoms with Crippen LogP contribution in [0.4, 0.5) is 4.39 Å². The van der Waals surface area contributed by atoms with Crippen molar-refractivity contribution < 1.29 is 14.0 Å². The van der Waals surface area contributed by atoms with Gasteiger partial charge in [0, 0.05) is 24.1 Å². The third kappa shape index (κ3) is 3.13. The summed E-state index contributed by atoms with van der Waals surface area (Å²) < 4.78 is 13.3. The van der Waals surface area contributed by atoms with E-state index in [1.165, 1.54) is 43.5 Å². The number of hydrogen-bond donors (Lipinski definition) is 1. The van der Waals surface area contributed by atoms with Gasteiger partial charge in [-0.05, 0) is 93.4 Å². The lowest BCUT2D eigenvalue weighted by Gasteiger charge is -2.59. The van der Waals surface area contributed by atoms with E-state index in [1.54, 1.807) is 0 Å². The van der Waals surface area contributed by atoms with Crippen molar-refractivity contribution >= 4 is 11.8 Å². The van der Waals surface area contributed by atoms with Crippen molar-refractivity contribution in [2.75, 3.05) is 13.1 Å². The van der Waals surface area contributed by atoms with Gasteiger partial charge in [0.15, 0.2) is 0 Å². The summed E-state index contributed by atoms with van der Waals surface area (Å²) in [4.78, 5) is 28.5. The first-order valence-corrected chi connectivity index (χ1v) is 10.9. The van der Waals surface area contributed by atoms with Crippen LogP contribution in [0.15, 0.2) is 24.3 Å². The lowest BCUT2D eigenvalue weighted by Crippen LogP contribution is -2.62. The molecule has 0 unspecified atom stereocenters. The minimum absolute atomic E-state index is 0.0931. The largest absolute Gasteiger partial charge is 0.341 e. The number of halogens is 1. The molecule has 4 aliphatic carbocycles. The molecule has 5 heteroatoms. The van der Waals surface area contributed by atoms with E-state index < -0.39 is 6.04 Å². The Bertz CT molecular complexity index is 734. The number of nitrogens with one attached hydrogen (secondary N) is 1. The van der Waals surface area contributed by atoms with Crippen molar-refractivity contribution in [1.82, 2.24) is 10.2 Å². The van der Waals surface area contributed by atoms with Gasteiger partial charge in [-0.2, -0.15) is 0 Å². The summed E-state index contributed by atoms with van der Waals surface area (Å²) in [5, 5.41) is 3.13. The maximum Gasteiger partial charge on any atom is 0.251 e. The van der Waals surface area contributed by atoms with Crippen LogP contribution in [-0.2, 0) is 4.79 Å². The van der Waals surface area contributed by atoms with Gasteiger partial charge in [-0.25, -0.2) is 4.39 Å². The van der Waals surface area contributed by atoms with Crippen molar-refractivity contribution in [2.24, 2.45) is 23.2 Å². The van der Waals surface area contributed by atoms with E-state index >= 15 is 0 Å². The zero-order chi connectivity index (χ0) is 19.3. The van der Waals surface area contributed by atoms with Crippen LogP contribution in [0.3, 0.4) is 0 Å². The van der Waals surface area contributed by atoms with Crippen molar-refractivity contribution in [3.63, 3.8) is 0 Å². The summed E-state index contributed by atoms with van der Waals surface area (Å²) >= 11 is 0. The standard InChI is InChI=1S/C23H29FN2O2/c24-19-5-3-18(4-6-19)21(27)25-20(22(28)26-7-1-2-8-26)23-12-15-9-16(13-23)11-17(10-15)14-23/h3-6,15-17,20H,1-2,7-14H2,(H,25,27)/t15?,16?,17?,20-,23?/m0/s1. The Kier molecular flexibility index (Phi) is 4.44. The zero-order valence-corrected chi connectivity index (χ0v) is 16.3. The number of rotatable bonds is 4. The summed E-state index contributed by atoms with van der Waals surface area (Å²) in [6.45, 7) is 1.60. The van der Waals surface area contributed by atoms with E-state index in [1.807, 2.05) is 4.90 Å². The monoisotopic (exact) mass is 384 g/mol. The molecule has 1 saturated heterocycles. The van der Waals surface area contributed by atoms with Gasteiger partial charge < -0.3 is 10.2 Å². The predicted octanol–water partition coefficient (Wildman–Crippen LogP) is 3.76. The van der Waals surface area contributed by atoms with E-state index in [0.29, 0.717) is 23.3 Å². The number of carbonyl (C=O) groups is 2. The fourth-order valence-corrected chi connectivity index (χ4v) is 6.94. The smallest absolute Gasteiger partial charge is 0.251 e. The minimum Gasteiger partial charge on any atom is -0.341 e. The van der Waals surface area contributed by atoms with Gasteiger partial charge >= 0.3 is 0 Å². The van der Waals surface area contributed by atoms with Crippen molar-refractivity contribution in [1.29, 1.82) is 0 Å². The van der Waals surface area contributed by atoms with E-state index in [9.17, 15) is 14.0 Å². The molecule has 6 rings (SSSR count). The SMILES string of the molecule is O=C(N[C@@H](C(=O)N1CCCC1)C12CC3CC(CC(C3)C1)C2)c1ccc(F)cc1. The summed E-state index contributed by atoms with van der Waals surface area (Å²) in [5.41, 5.74) is 0.328. The zero-order valence-electron chi connectivity index (χ0n) is 16.3. The van der Waals surface area contributed by atoms with Crippen LogP contribution in [0.2, 0.25) is 0 Å². The normalized spacial score (nSPS) is 34.5. The molecule has 1 aromatic rings. The molecule has 1 heterocycles. The first-order valence-electron chi connectivity index (χ1n) is 10.9. The molecule has 2 amide bonds. The summed E-state index contributed by atoms with van der Waals surface area (Å²) in [5.74, 6) is 1.62. The molecule has 1 N–H and O–H groups in total. The fraction of sp³-hybridized carbons (Fsp3) is 0.652. The van der Waals surface area contributed by atoms with Gasteiger partial charge in [-0.1, -0.05) is 0 Å². The van der Waals surface area contributed by atoms with Crippen molar-refractivity contribution in [3.05, 3.63) is 35.6 Å². The van der Waals surface area contributed by atoms with Crippen molar-refractivity contribution in [3.8, 4) is 0 Å². The Morgan fingerprint density at radius 2 is 1.50 bits per heavy atom. The average Bonchev–Trinajstić information content (AvgIpc) is 3.19. The van der Waals surface area contributed by atoms with Crippen LogP contribution < -0.4 is 5.32 Å². The molecule has 5 aliphatic rings. The molecule has 1 atom stereocenters. The predicted molar refractivity (Wildman–Crippen MR) is 104 cm³/mol. The van der Waals surface area contributed by atoms with Gasteiger partial charge in [0.2, 0.25) is 5.91 Å². The highest BCUT2D eigenvalue weighted by Gasteiger charge is 2.57. The fourth-order valence-electron chi connectivity index (χ4n) is 6.94. The van der Waals surface area contributed by atoms with Gasteiger partial charge in [0.25, 0.3) is 5.91 Å². The van der Waals surface area contributed by atoms with Crippen LogP contribution in [0, 0.1) is 29.0 Å². The molecule has 1 aromatic carbocycles. The molecular formula is C23H29FN2O2. The van der Waals surface area contributed by atoms with E-state index in [0.717, 1.165) is 45.2 Å². The summed E-state index contributed by atoms with van der Waals surface area (Å²) in [6, 6.07) is 5.16. The molecule has 5 fully saturated rings. The van der Waals surface area contributed by atoms with Crippen LogP contribution in [0.25, 0.3) is 0 Å². The van der Waals surface area contributed by atoms with Gasteiger partial charge in [-0.3, -0.25) is 9.59 Å². The lowest BCUT2D eigenvalue weighted by molar-refractivity contribution is -0.143. The topological polar surface area (TPSA) is 49.4 Å². The first-order chi connectivity index (χ1) is 13.5. The summed E-state index contributed by atoms with van der Waals surface area (Å²) in [6.07, 6.45) is 9.19. The average molecular weight is 384 g/mol. The molecule has 28 heavy (non-hydrogen) atoms. The Hall–Kier alpha value is -1.91. The Labute approximate surface area is 165 Å². The highest BCUT2D eigenvalue weighted by atomic mass is 19.1. The number of amides is 2. The van der Waals surface area contributed by atoms with Gasteiger partial charge in [0.05, 0.1) is 0 Å². The maximum absolute atomic E-state index is 13.5. The number of hydrogen-bond acceptors (Lipinski definition) is 2. The van der Waals surface area contributed by atoms with Gasteiger partial charge in [0.1, 0.15) is 11.9 Å². The second kappa shape index (κ2) is 6.85. The van der Waals surface area contributed by atoms with Crippen LogP contribution >= 0.6 is 0 Å². The second-order valence-corrected chi connectivity index (χ2v) is 9.73. The number of benzene rings is 1. The molecule has 4 bridgehead atoms. The van der Waals surface area contributed by atoms with E-state index in [4.69, 9.17) is 0 Å². The number of carbonyl (C=O) groups excluding carboxylic acids is 2.